The van der Waals surface area contributed by atoms with Crippen LogP contribution in [0.2, 0.25) is 0 Å². The maximum Gasteiger partial charge on any atom is 0.329 e. The van der Waals surface area contributed by atoms with Gasteiger partial charge in [-0.3, -0.25) is 9.59 Å². The number of carbonyl (C=O) groups excluding carboxylic acids is 3. The molecule has 2 atom stereocenters. The molecule has 7 nitrogen and oxygen atoms in total. The highest BCUT2D eigenvalue weighted by Crippen LogP contribution is 2.14. The topological polar surface area (TPSA) is 90.9 Å². The van der Waals surface area contributed by atoms with Crippen molar-refractivity contribution in [3.05, 3.63) is 60.2 Å². The van der Waals surface area contributed by atoms with E-state index in [-0.39, 0.29) is 12.4 Å². The summed E-state index contributed by atoms with van der Waals surface area (Å²) in [6, 6.07) is 14.4. The number of nitrogens with one attached hydrogen (secondary N) is 1. The summed E-state index contributed by atoms with van der Waals surface area (Å²) in [6.45, 7) is 2.73. The van der Waals surface area contributed by atoms with Gasteiger partial charge in [0, 0.05) is 5.56 Å². The van der Waals surface area contributed by atoms with Crippen LogP contribution in [0.1, 0.15) is 24.2 Å². The number of Topliss-reactive ketones (excluding diaryl/α,β-unsaturated/α-hetero) is 1. The minimum Gasteiger partial charge on any atom is -0.497 e. The number of ether oxygens (including phenoxy) is 3. The Hall–Kier alpha value is -3.35. The third-order valence-electron chi connectivity index (χ3n) is 3.88. The Morgan fingerprint density at radius 2 is 1.57 bits per heavy atom. The van der Waals surface area contributed by atoms with E-state index >= 15 is 0 Å². The Balaban J connectivity index is 1.81. The molecule has 0 spiro atoms. The van der Waals surface area contributed by atoms with Gasteiger partial charge in [-0.2, -0.15) is 0 Å². The number of hydrogen-bond donors (Lipinski definition) is 1. The normalized spacial score (nSPS) is 12.4. The van der Waals surface area contributed by atoms with Crippen LogP contribution in [-0.2, 0) is 14.3 Å². The summed E-state index contributed by atoms with van der Waals surface area (Å²) in [4.78, 5) is 36.4. The lowest BCUT2D eigenvalue weighted by Crippen LogP contribution is -2.43. The van der Waals surface area contributed by atoms with E-state index in [2.05, 4.69) is 5.32 Å². The van der Waals surface area contributed by atoms with Crippen molar-refractivity contribution in [3.8, 4) is 11.5 Å². The molecule has 2 rings (SSSR count). The van der Waals surface area contributed by atoms with Gasteiger partial charge < -0.3 is 19.5 Å². The SMILES string of the molecule is COc1ccc(C(=O)[C@@H](C)OC(=O)[C@H](C)NC(=O)COc2ccccc2)cc1. The summed E-state index contributed by atoms with van der Waals surface area (Å²) >= 11 is 0. The van der Waals surface area contributed by atoms with Crippen LogP contribution in [0.25, 0.3) is 0 Å². The lowest BCUT2D eigenvalue weighted by Gasteiger charge is -2.17. The van der Waals surface area contributed by atoms with Crippen LogP contribution in [-0.4, -0.2) is 43.5 Å². The van der Waals surface area contributed by atoms with Gasteiger partial charge in [-0.1, -0.05) is 18.2 Å². The van der Waals surface area contributed by atoms with Crippen molar-refractivity contribution in [3.63, 3.8) is 0 Å². The molecule has 1 N–H and O–H groups in total. The Morgan fingerprint density at radius 3 is 2.18 bits per heavy atom. The van der Waals surface area contributed by atoms with Gasteiger partial charge in [0.05, 0.1) is 7.11 Å². The molecule has 0 aliphatic heterocycles. The fourth-order valence-electron chi connectivity index (χ4n) is 2.33. The third kappa shape index (κ3) is 6.12. The number of carbonyl (C=O) groups is 3. The van der Waals surface area contributed by atoms with Crippen LogP contribution in [0.4, 0.5) is 0 Å². The maximum atomic E-state index is 12.4. The molecule has 28 heavy (non-hydrogen) atoms. The second-order valence-corrected chi connectivity index (χ2v) is 6.06. The molecule has 0 saturated heterocycles. The molecule has 0 saturated carbocycles. The number of ketones is 1. The van der Waals surface area contributed by atoms with E-state index in [9.17, 15) is 14.4 Å². The van der Waals surface area contributed by atoms with Crippen molar-refractivity contribution in [1.29, 1.82) is 0 Å². The molecule has 0 unspecified atom stereocenters. The number of rotatable bonds is 9. The molecular weight excluding hydrogens is 362 g/mol. The standard InChI is InChI=1S/C21H23NO6/c1-14(22-19(23)13-27-18-7-5-4-6-8-18)21(25)28-15(2)20(24)16-9-11-17(26-3)12-10-16/h4-12,14-15H,13H2,1-3H3,(H,22,23)/t14-,15+/m0/s1. The number of esters is 1. The van der Waals surface area contributed by atoms with Gasteiger partial charge in [0.15, 0.2) is 12.7 Å². The molecule has 0 heterocycles. The number of hydrogen-bond acceptors (Lipinski definition) is 6. The Kier molecular flexibility index (Phi) is 7.56. The molecule has 0 bridgehead atoms. The van der Waals surface area contributed by atoms with Crippen molar-refractivity contribution in [2.24, 2.45) is 0 Å². The lowest BCUT2D eigenvalue weighted by atomic mass is 10.1. The largest absolute Gasteiger partial charge is 0.497 e. The second kappa shape index (κ2) is 10.1. The molecule has 1 amide bonds. The first-order valence-corrected chi connectivity index (χ1v) is 8.76. The molecule has 0 aliphatic rings. The quantitative estimate of drug-likeness (QED) is 0.526. The highest BCUT2D eigenvalue weighted by atomic mass is 16.5. The van der Waals surface area contributed by atoms with Gasteiger partial charge in [0.1, 0.15) is 17.5 Å². The summed E-state index contributed by atoms with van der Waals surface area (Å²) in [7, 11) is 1.53. The highest BCUT2D eigenvalue weighted by Gasteiger charge is 2.24. The molecule has 2 aromatic carbocycles. The average molecular weight is 385 g/mol. The summed E-state index contributed by atoms with van der Waals surface area (Å²) in [6.07, 6.45) is -0.985. The minimum absolute atomic E-state index is 0.234. The van der Waals surface area contributed by atoms with Crippen molar-refractivity contribution in [2.75, 3.05) is 13.7 Å². The van der Waals surface area contributed by atoms with Crippen LogP contribution in [0.3, 0.4) is 0 Å². The van der Waals surface area contributed by atoms with Crippen LogP contribution < -0.4 is 14.8 Å². The summed E-state index contributed by atoms with van der Waals surface area (Å²) in [5.41, 5.74) is 0.397. The summed E-state index contributed by atoms with van der Waals surface area (Å²) in [5.74, 6) is -0.353. The van der Waals surface area contributed by atoms with Crippen molar-refractivity contribution < 1.29 is 28.6 Å². The second-order valence-electron chi connectivity index (χ2n) is 6.06. The van der Waals surface area contributed by atoms with Gasteiger partial charge in [-0.05, 0) is 50.2 Å². The van der Waals surface area contributed by atoms with Crippen LogP contribution in [0.5, 0.6) is 11.5 Å². The minimum atomic E-state index is -0.985. The molecule has 148 valence electrons. The van der Waals surface area contributed by atoms with Crippen molar-refractivity contribution in [2.45, 2.75) is 26.0 Å². The number of amides is 1. The lowest BCUT2D eigenvalue weighted by molar-refractivity contribution is -0.150. The van der Waals surface area contributed by atoms with E-state index in [0.29, 0.717) is 17.1 Å². The highest BCUT2D eigenvalue weighted by molar-refractivity contribution is 6.00. The van der Waals surface area contributed by atoms with E-state index in [1.54, 1.807) is 48.5 Å². The molecule has 2 aromatic rings. The molecule has 0 aliphatic carbocycles. The third-order valence-corrected chi connectivity index (χ3v) is 3.88. The van der Waals surface area contributed by atoms with Gasteiger partial charge in [-0.15, -0.1) is 0 Å². The van der Waals surface area contributed by atoms with Crippen LogP contribution in [0.15, 0.2) is 54.6 Å². The Bertz CT molecular complexity index is 803. The van der Waals surface area contributed by atoms with Crippen molar-refractivity contribution >= 4 is 17.7 Å². The first-order chi connectivity index (χ1) is 13.4. The van der Waals surface area contributed by atoms with Gasteiger partial charge >= 0.3 is 5.97 Å². The molecule has 0 radical (unpaired) electrons. The van der Waals surface area contributed by atoms with Gasteiger partial charge in [0.25, 0.3) is 5.91 Å². The zero-order chi connectivity index (χ0) is 20.5. The predicted octanol–water partition coefficient (Wildman–Crippen LogP) is 2.39. The molecular formula is C21H23NO6. The smallest absolute Gasteiger partial charge is 0.329 e. The maximum absolute atomic E-state index is 12.4. The van der Waals surface area contributed by atoms with E-state index < -0.39 is 24.0 Å². The molecule has 0 fully saturated rings. The van der Waals surface area contributed by atoms with Crippen LogP contribution in [0, 0.1) is 0 Å². The van der Waals surface area contributed by atoms with E-state index in [0.717, 1.165) is 0 Å². The number of para-hydroxylation sites is 1. The Labute approximate surface area is 163 Å². The number of benzene rings is 2. The number of methoxy groups -OCH3 is 1. The van der Waals surface area contributed by atoms with Gasteiger partial charge in [0.2, 0.25) is 5.78 Å². The summed E-state index contributed by atoms with van der Waals surface area (Å²) in [5, 5.41) is 2.48. The zero-order valence-corrected chi connectivity index (χ0v) is 16.0. The molecule has 0 aromatic heterocycles. The van der Waals surface area contributed by atoms with E-state index in [4.69, 9.17) is 14.2 Å². The predicted molar refractivity (Wildman–Crippen MR) is 102 cm³/mol. The monoisotopic (exact) mass is 385 g/mol. The van der Waals surface area contributed by atoms with E-state index in [1.165, 1.54) is 21.0 Å². The Morgan fingerprint density at radius 1 is 0.929 bits per heavy atom. The van der Waals surface area contributed by atoms with Crippen LogP contribution >= 0.6 is 0 Å². The first-order valence-electron chi connectivity index (χ1n) is 8.76. The fourth-order valence-corrected chi connectivity index (χ4v) is 2.33. The zero-order valence-electron chi connectivity index (χ0n) is 16.0. The first kappa shape index (κ1) is 21.0. The summed E-state index contributed by atoms with van der Waals surface area (Å²) < 4.78 is 15.5. The van der Waals surface area contributed by atoms with E-state index in [1.807, 2.05) is 6.07 Å². The fraction of sp³-hybridized carbons (Fsp3) is 0.286. The average Bonchev–Trinajstić information content (AvgIpc) is 2.72. The molecule has 7 heteroatoms. The van der Waals surface area contributed by atoms with Crippen molar-refractivity contribution in [1.82, 2.24) is 5.32 Å². The van der Waals surface area contributed by atoms with Gasteiger partial charge in [-0.25, -0.2) is 4.79 Å².